The predicted octanol–water partition coefficient (Wildman–Crippen LogP) is 3.53. The number of ether oxygens (including phenoxy) is 2. The third-order valence-electron chi connectivity index (χ3n) is 3.76. The van der Waals surface area contributed by atoms with Crippen molar-refractivity contribution in [1.82, 2.24) is 4.90 Å². The molecule has 3 rings (SSSR count). The smallest absolute Gasteiger partial charge is 0.231 e. The number of amides is 1. The maximum atomic E-state index is 12.0. The first-order valence-corrected chi connectivity index (χ1v) is 8.11. The van der Waals surface area contributed by atoms with E-state index in [0.29, 0.717) is 23.7 Å². The van der Waals surface area contributed by atoms with Gasteiger partial charge in [0.25, 0.3) is 0 Å². The lowest BCUT2D eigenvalue weighted by molar-refractivity contribution is -0.116. The number of hydrogen-bond acceptors (Lipinski definition) is 4. The summed E-state index contributed by atoms with van der Waals surface area (Å²) in [7, 11) is 1.98. The molecule has 2 aromatic rings. The summed E-state index contributed by atoms with van der Waals surface area (Å²) in [6.45, 7) is 1.65. The first kappa shape index (κ1) is 16.6. The predicted molar refractivity (Wildman–Crippen MR) is 93.6 cm³/mol. The first-order valence-electron chi connectivity index (χ1n) is 7.73. The summed E-state index contributed by atoms with van der Waals surface area (Å²) in [6.07, 6.45) is 0.395. The van der Waals surface area contributed by atoms with Crippen molar-refractivity contribution in [2.75, 3.05) is 25.7 Å². The molecule has 1 amide bonds. The Bertz CT molecular complexity index is 736. The van der Waals surface area contributed by atoms with Crippen LogP contribution in [0.15, 0.2) is 42.5 Å². The Kier molecular flexibility index (Phi) is 5.23. The highest BCUT2D eigenvalue weighted by Gasteiger charge is 2.14. The van der Waals surface area contributed by atoms with Gasteiger partial charge < -0.3 is 19.7 Å². The molecule has 0 bridgehead atoms. The number of benzene rings is 2. The topological polar surface area (TPSA) is 50.8 Å². The van der Waals surface area contributed by atoms with Gasteiger partial charge in [0.05, 0.1) is 10.7 Å². The van der Waals surface area contributed by atoms with Crippen LogP contribution >= 0.6 is 11.6 Å². The van der Waals surface area contributed by atoms with Crippen LogP contribution in [-0.2, 0) is 11.3 Å². The molecule has 1 aliphatic heterocycles. The highest BCUT2D eigenvalue weighted by molar-refractivity contribution is 6.33. The lowest BCUT2D eigenvalue weighted by Crippen LogP contribution is -2.24. The number of carbonyl (C=O) groups is 1. The van der Waals surface area contributed by atoms with Crippen LogP contribution in [-0.4, -0.2) is 31.2 Å². The van der Waals surface area contributed by atoms with E-state index in [1.165, 1.54) is 0 Å². The summed E-state index contributed by atoms with van der Waals surface area (Å²) in [5.74, 6) is 1.50. The Balaban J connectivity index is 1.48. The molecule has 5 nitrogen and oxygen atoms in total. The van der Waals surface area contributed by atoms with Gasteiger partial charge in [0.15, 0.2) is 11.5 Å². The number of nitrogens with one attached hydrogen (secondary N) is 1. The lowest BCUT2D eigenvalue weighted by atomic mass is 10.2. The summed E-state index contributed by atoms with van der Waals surface area (Å²) in [5.41, 5.74) is 1.76. The second-order valence-electron chi connectivity index (χ2n) is 5.70. The van der Waals surface area contributed by atoms with Gasteiger partial charge in [-0.15, -0.1) is 0 Å². The van der Waals surface area contributed by atoms with E-state index in [1.54, 1.807) is 12.1 Å². The molecule has 0 aromatic heterocycles. The van der Waals surface area contributed by atoms with Crippen LogP contribution in [0.5, 0.6) is 11.5 Å². The first-order chi connectivity index (χ1) is 11.6. The van der Waals surface area contributed by atoms with Crippen LogP contribution in [0.3, 0.4) is 0 Å². The van der Waals surface area contributed by atoms with Crippen LogP contribution in [0.2, 0.25) is 5.02 Å². The zero-order chi connectivity index (χ0) is 16.9. The number of anilines is 1. The zero-order valence-corrected chi connectivity index (χ0v) is 14.2. The standard InChI is InChI=1S/C18H19ClN2O3/c1-21(11-13-6-7-16-17(10-13)24-12-23-16)9-8-18(22)20-15-5-3-2-4-14(15)19/h2-7,10H,8-9,11-12H2,1H3,(H,20,22). The minimum Gasteiger partial charge on any atom is -0.454 e. The molecule has 0 fully saturated rings. The quantitative estimate of drug-likeness (QED) is 0.869. The van der Waals surface area contributed by atoms with Crippen LogP contribution in [0, 0.1) is 0 Å². The van der Waals surface area contributed by atoms with Crippen molar-refractivity contribution in [2.24, 2.45) is 0 Å². The number of nitrogens with zero attached hydrogens (tertiary/aromatic N) is 1. The maximum absolute atomic E-state index is 12.0. The van der Waals surface area contributed by atoms with E-state index in [1.807, 2.05) is 37.4 Å². The molecular formula is C18H19ClN2O3. The van der Waals surface area contributed by atoms with E-state index in [4.69, 9.17) is 21.1 Å². The second kappa shape index (κ2) is 7.55. The Hall–Kier alpha value is -2.24. The number of rotatable bonds is 6. The number of hydrogen-bond donors (Lipinski definition) is 1. The SMILES string of the molecule is CN(CCC(=O)Nc1ccccc1Cl)Cc1ccc2c(c1)OCO2. The minimum absolute atomic E-state index is 0.0550. The van der Waals surface area contributed by atoms with Crippen molar-refractivity contribution in [2.45, 2.75) is 13.0 Å². The van der Waals surface area contributed by atoms with Gasteiger partial charge in [-0.2, -0.15) is 0 Å². The third kappa shape index (κ3) is 4.19. The molecule has 0 saturated heterocycles. The molecule has 1 heterocycles. The van der Waals surface area contributed by atoms with Gasteiger partial charge >= 0.3 is 0 Å². The van der Waals surface area contributed by atoms with E-state index in [0.717, 1.165) is 23.6 Å². The van der Waals surface area contributed by atoms with Crippen LogP contribution < -0.4 is 14.8 Å². The molecule has 6 heteroatoms. The third-order valence-corrected chi connectivity index (χ3v) is 4.09. The number of carbonyl (C=O) groups excluding carboxylic acids is 1. The molecule has 1 aliphatic rings. The zero-order valence-electron chi connectivity index (χ0n) is 13.4. The molecule has 0 unspecified atom stereocenters. The highest BCUT2D eigenvalue weighted by Crippen LogP contribution is 2.32. The van der Waals surface area contributed by atoms with Gasteiger partial charge in [0.2, 0.25) is 12.7 Å². The van der Waals surface area contributed by atoms with E-state index in [2.05, 4.69) is 10.2 Å². The van der Waals surface area contributed by atoms with E-state index in [-0.39, 0.29) is 12.7 Å². The largest absolute Gasteiger partial charge is 0.454 e. The average Bonchev–Trinajstić information content (AvgIpc) is 3.03. The van der Waals surface area contributed by atoms with Crippen molar-refractivity contribution in [3.63, 3.8) is 0 Å². The molecule has 24 heavy (non-hydrogen) atoms. The fourth-order valence-electron chi connectivity index (χ4n) is 2.50. The highest BCUT2D eigenvalue weighted by atomic mass is 35.5. The second-order valence-corrected chi connectivity index (χ2v) is 6.11. The van der Waals surface area contributed by atoms with Gasteiger partial charge in [-0.3, -0.25) is 4.79 Å². The van der Waals surface area contributed by atoms with E-state index in [9.17, 15) is 4.79 Å². The number of para-hydroxylation sites is 1. The molecule has 0 radical (unpaired) electrons. The fraction of sp³-hybridized carbons (Fsp3) is 0.278. The van der Waals surface area contributed by atoms with Crippen LogP contribution in [0.4, 0.5) is 5.69 Å². The summed E-state index contributed by atoms with van der Waals surface area (Å²) in [5, 5.41) is 3.37. The van der Waals surface area contributed by atoms with Crippen molar-refractivity contribution in [3.8, 4) is 11.5 Å². The van der Waals surface area contributed by atoms with Gasteiger partial charge in [-0.1, -0.05) is 29.8 Å². The lowest BCUT2D eigenvalue weighted by Gasteiger charge is -2.17. The molecule has 1 N–H and O–H groups in total. The van der Waals surface area contributed by atoms with E-state index >= 15 is 0 Å². The molecule has 0 aliphatic carbocycles. The fourth-order valence-corrected chi connectivity index (χ4v) is 2.68. The Morgan fingerprint density at radius 2 is 2.00 bits per heavy atom. The van der Waals surface area contributed by atoms with Crippen molar-refractivity contribution in [3.05, 3.63) is 53.1 Å². The number of halogens is 1. The molecule has 0 saturated carbocycles. The van der Waals surface area contributed by atoms with Crippen LogP contribution in [0.25, 0.3) is 0 Å². The Morgan fingerprint density at radius 1 is 1.21 bits per heavy atom. The summed E-state index contributed by atoms with van der Waals surface area (Å²) in [4.78, 5) is 14.1. The van der Waals surface area contributed by atoms with Gasteiger partial charge in [-0.05, 0) is 36.9 Å². The van der Waals surface area contributed by atoms with Gasteiger partial charge in [0, 0.05) is 19.5 Å². The maximum Gasteiger partial charge on any atom is 0.231 e. The van der Waals surface area contributed by atoms with Crippen molar-refractivity contribution in [1.29, 1.82) is 0 Å². The monoisotopic (exact) mass is 346 g/mol. The minimum atomic E-state index is -0.0550. The normalized spacial score (nSPS) is 12.5. The number of fused-ring (bicyclic) bond motifs is 1. The summed E-state index contributed by atoms with van der Waals surface area (Å²) >= 11 is 6.04. The molecule has 0 atom stereocenters. The Labute approximate surface area is 146 Å². The average molecular weight is 347 g/mol. The summed E-state index contributed by atoms with van der Waals surface area (Å²) in [6, 6.07) is 13.1. The molecule has 126 valence electrons. The van der Waals surface area contributed by atoms with Crippen LogP contribution in [0.1, 0.15) is 12.0 Å². The molecular weight excluding hydrogens is 328 g/mol. The van der Waals surface area contributed by atoms with Gasteiger partial charge in [0.1, 0.15) is 0 Å². The Morgan fingerprint density at radius 3 is 2.83 bits per heavy atom. The summed E-state index contributed by atoms with van der Waals surface area (Å²) < 4.78 is 10.7. The van der Waals surface area contributed by atoms with E-state index < -0.39 is 0 Å². The molecule has 0 spiro atoms. The van der Waals surface area contributed by atoms with Crippen molar-refractivity contribution < 1.29 is 14.3 Å². The van der Waals surface area contributed by atoms with Crippen molar-refractivity contribution >= 4 is 23.2 Å². The van der Waals surface area contributed by atoms with Gasteiger partial charge in [-0.25, -0.2) is 0 Å². The molecule has 2 aromatic carbocycles.